The number of carbonyl (C=O) groups is 3. The number of ketones is 1. The Morgan fingerprint density at radius 1 is 0.909 bits per heavy atom. The van der Waals surface area contributed by atoms with Crippen molar-refractivity contribution in [2.24, 2.45) is 5.92 Å². The van der Waals surface area contributed by atoms with Gasteiger partial charge in [-0.3, -0.25) is 9.78 Å². The zero-order valence-electron chi connectivity index (χ0n) is 33.0. The molecule has 2 N–H and O–H groups in total. The van der Waals surface area contributed by atoms with Gasteiger partial charge < -0.3 is 25.0 Å². The number of urea groups is 1. The van der Waals surface area contributed by atoms with Gasteiger partial charge in [0.1, 0.15) is 12.6 Å². The number of benzene rings is 2. The summed E-state index contributed by atoms with van der Waals surface area (Å²) in [5, 5.41) is 9.32. The highest BCUT2D eigenvalue weighted by Gasteiger charge is 2.37. The average molecular weight is 788 g/mol. The van der Waals surface area contributed by atoms with Gasteiger partial charge in [-0.15, -0.1) is 22.7 Å². The lowest BCUT2D eigenvalue weighted by Gasteiger charge is -2.33. The lowest BCUT2D eigenvalue weighted by Crippen LogP contribution is -2.54. The first-order chi connectivity index (χ1) is 26.3. The maximum Gasteiger partial charge on any atom is 0.407 e. The number of aromatic nitrogens is 2. The highest BCUT2D eigenvalue weighted by molar-refractivity contribution is 7.09. The zero-order chi connectivity index (χ0) is 39.4. The summed E-state index contributed by atoms with van der Waals surface area (Å²) in [4.78, 5) is 53.2. The van der Waals surface area contributed by atoms with Gasteiger partial charge in [0.2, 0.25) is 0 Å². The second-order valence-electron chi connectivity index (χ2n) is 15.9. The van der Waals surface area contributed by atoms with Crippen LogP contribution in [0, 0.1) is 5.92 Å². The van der Waals surface area contributed by atoms with Crippen molar-refractivity contribution in [2.45, 2.75) is 135 Å². The third-order valence-corrected chi connectivity index (χ3v) is 11.5. The van der Waals surface area contributed by atoms with Gasteiger partial charge in [0.25, 0.3) is 0 Å². The molecule has 4 unspecified atom stereocenters. The molecule has 1 fully saturated rings. The molecular formula is C43H57N5O5S2. The molecule has 1 aliphatic carbocycles. The summed E-state index contributed by atoms with van der Waals surface area (Å²) in [6, 6.07) is 19.0. The normalized spacial score (nSPS) is 15.2. The van der Waals surface area contributed by atoms with Crippen molar-refractivity contribution >= 4 is 40.6 Å². The molecule has 4 aromatic rings. The number of rotatable bonds is 20. The van der Waals surface area contributed by atoms with E-state index >= 15 is 0 Å². The number of nitrogens with zero attached hydrogens (tertiary/aromatic N) is 3. The van der Waals surface area contributed by atoms with Crippen molar-refractivity contribution in [3.63, 3.8) is 0 Å². The number of alkyl carbamates (subject to hydrolysis) is 1. The van der Waals surface area contributed by atoms with Crippen LogP contribution in [-0.2, 0) is 40.3 Å². The molecule has 0 bridgehead atoms. The smallest absolute Gasteiger partial charge is 0.407 e. The van der Waals surface area contributed by atoms with Gasteiger partial charge in [0.15, 0.2) is 5.78 Å². The van der Waals surface area contributed by atoms with E-state index < -0.39 is 23.8 Å². The fourth-order valence-electron chi connectivity index (χ4n) is 6.74. The van der Waals surface area contributed by atoms with Crippen LogP contribution in [0.2, 0.25) is 0 Å². The highest BCUT2D eigenvalue weighted by atomic mass is 32.1. The van der Waals surface area contributed by atoms with Gasteiger partial charge in [0, 0.05) is 36.0 Å². The Morgan fingerprint density at radius 3 is 2.16 bits per heavy atom. The molecule has 0 aliphatic heterocycles. The minimum Gasteiger partial charge on any atom is -0.444 e. The highest BCUT2D eigenvalue weighted by Crippen LogP contribution is 2.30. The number of amides is 3. The van der Waals surface area contributed by atoms with Gasteiger partial charge in [-0.2, -0.15) is 0 Å². The van der Waals surface area contributed by atoms with E-state index in [4.69, 9.17) is 14.5 Å². The third-order valence-electron chi connectivity index (χ3n) is 9.54. The molecule has 0 radical (unpaired) electrons. The lowest BCUT2D eigenvalue weighted by atomic mass is 9.86. The Labute approximate surface area is 334 Å². The van der Waals surface area contributed by atoms with Crippen molar-refractivity contribution < 1.29 is 23.9 Å². The van der Waals surface area contributed by atoms with Crippen LogP contribution in [0.1, 0.15) is 106 Å². The number of Topliss-reactive ketones (excluding diaryl/α,β-unsaturated/α-hetero) is 1. The summed E-state index contributed by atoms with van der Waals surface area (Å²) in [7, 11) is 0. The summed E-state index contributed by atoms with van der Waals surface area (Å²) in [6.45, 7) is 12.5. The lowest BCUT2D eigenvalue weighted by molar-refractivity contribution is -0.129. The standard InChI is InChI=1S/C43H57N5O5S2/c1-29(2)40-45-35(27-54-40)25-48(36-19-20-36)41(50)47-39(30(3)53-43(4,5)6)38(49)23-33(21-31-13-9-7-10-14-31)17-18-34(22-32-15-11-8-12-16-32)46-42(51)52-26-37-24-44-28-55-37/h7-16,24,27-30,33-34,36,39H,17-23,25-26H2,1-6H3,(H,46,51)(H,47,50). The number of ether oxygens (including phenoxy) is 2. The molecule has 4 atom stereocenters. The van der Waals surface area contributed by atoms with Gasteiger partial charge >= 0.3 is 12.1 Å². The first kappa shape index (κ1) is 42.0. The van der Waals surface area contributed by atoms with E-state index in [1.807, 2.05) is 74.4 Å². The van der Waals surface area contributed by atoms with Gasteiger partial charge in [-0.05, 0) is 83.3 Å². The summed E-state index contributed by atoms with van der Waals surface area (Å²) < 4.78 is 11.9. The minimum absolute atomic E-state index is 0.0616. The number of thiazole rings is 2. The summed E-state index contributed by atoms with van der Waals surface area (Å²) in [6.07, 6.45) is 5.31. The van der Waals surface area contributed by atoms with Crippen LogP contribution >= 0.6 is 22.7 Å². The van der Waals surface area contributed by atoms with Crippen molar-refractivity contribution in [2.75, 3.05) is 0 Å². The molecule has 2 aromatic heterocycles. The van der Waals surface area contributed by atoms with Crippen LogP contribution in [0.4, 0.5) is 9.59 Å². The fraction of sp³-hybridized carbons (Fsp3) is 0.512. The van der Waals surface area contributed by atoms with E-state index in [-0.39, 0.29) is 42.8 Å². The Balaban J connectivity index is 1.32. The molecule has 0 saturated heterocycles. The maximum absolute atomic E-state index is 14.5. The molecule has 3 amide bonds. The van der Waals surface area contributed by atoms with Crippen LogP contribution in [0.25, 0.3) is 0 Å². The number of nitrogens with one attached hydrogen (secondary N) is 2. The fourth-order valence-corrected chi connectivity index (χ4v) is 8.08. The monoisotopic (exact) mass is 787 g/mol. The predicted octanol–water partition coefficient (Wildman–Crippen LogP) is 9.11. The number of carbonyl (C=O) groups excluding carboxylic acids is 3. The molecule has 2 heterocycles. The quantitative estimate of drug-likeness (QED) is 0.0917. The Morgan fingerprint density at radius 2 is 1.58 bits per heavy atom. The topological polar surface area (TPSA) is 123 Å². The molecular weight excluding hydrogens is 731 g/mol. The summed E-state index contributed by atoms with van der Waals surface area (Å²) >= 11 is 3.05. The van der Waals surface area contributed by atoms with E-state index in [9.17, 15) is 14.4 Å². The zero-order valence-corrected chi connectivity index (χ0v) is 34.7. The summed E-state index contributed by atoms with van der Waals surface area (Å²) in [5.41, 5.74) is 4.27. The van der Waals surface area contributed by atoms with Crippen molar-refractivity contribution in [3.05, 3.63) is 104 Å². The first-order valence-corrected chi connectivity index (χ1v) is 21.2. The molecule has 296 valence electrons. The van der Waals surface area contributed by atoms with Crippen LogP contribution < -0.4 is 10.6 Å². The molecule has 55 heavy (non-hydrogen) atoms. The van der Waals surface area contributed by atoms with Gasteiger partial charge in [-0.25, -0.2) is 14.6 Å². The average Bonchev–Trinajstić information content (AvgIpc) is 3.62. The molecule has 10 nitrogen and oxygen atoms in total. The molecule has 1 aliphatic rings. The molecule has 2 aromatic carbocycles. The number of hydrogen-bond acceptors (Lipinski definition) is 9. The first-order valence-electron chi connectivity index (χ1n) is 19.4. The predicted molar refractivity (Wildman–Crippen MR) is 219 cm³/mol. The summed E-state index contributed by atoms with van der Waals surface area (Å²) in [5.74, 6) is 0.179. The molecule has 5 rings (SSSR count). The van der Waals surface area contributed by atoms with Crippen molar-refractivity contribution in [1.82, 2.24) is 25.5 Å². The van der Waals surface area contributed by atoms with Crippen LogP contribution in [0.5, 0.6) is 0 Å². The molecule has 12 heteroatoms. The van der Waals surface area contributed by atoms with Gasteiger partial charge in [-0.1, -0.05) is 74.5 Å². The van der Waals surface area contributed by atoms with E-state index in [0.29, 0.717) is 38.1 Å². The molecule has 0 spiro atoms. The second-order valence-corrected chi connectivity index (χ2v) is 17.8. The van der Waals surface area contributed by atoms with E-state index in [2.05, 4.69) is 53.7 Å². The Kier molecular flexibility index (Phi) is 15.4. The Hall–Kier alpha value is -4.13. The number of hydrogen-bond donors (Lipinski definition) is 2. The maximum atomic E-state index is 14.5. The Bertz CT molecular complexity index is 1770. The van der Waals surface area contributed by atoms with Crippen molar-refractivity contribution in [3.8, 4) is 0 Å². The van der Waals surface area contributed by atoms with Crippen LogP contribution in [-0.4, -0.2) is 62.6 Å². The third kappa shape index (κ3) is 14.1. The largest absolute Gasteiger partial charge is 0.444 e. The van der Waals surface area contributed by atoms with Gasteiger partial charge in [0.05, 0.1) is 39.3 Å². The molecule has 1 saturated carbocycles. The van der Waals surface area contributed by atoms with E-state index in [1.54, 1.807) is 23.0 Å². The van der Waals surface area contributed by atoms with Crippen LogP contribution in [0.15, 0.2) is 77.8 Å². The second kappa shape index (κ2) is 20.2. The van der Waals surface area contributed by atoms with Crippen molar-refractivity contribution in [1.29, 1.82) is 0 Å². The van der Waals surface area contributed by atoms with E-state index in [0.717, 1.165) is 39.5 Å². The van der Waals surface area contributed by atoms with E-state index in [1.165, 1.54) is 11.3 Å². The minimum atomic E-state index is -0.854. The van der Waals surface area contributed by atoms with Crippen LogP contribution in [0.3, 0.4) is 0 Å². The SMILES string of the molecule is CC(C)c1nc(CN(C(=O)NC(C(=O)CC(CCC(Cc2ccccc2)NC(=O)OCc2cncs2)Cc2ccccc2)C(C)OC(C)(C)C)C2CC2)cs1.